The molecule has 1 heterocycles. The maximum Gasteiger partial charge on any atom is 0.224 e. The van der Waals surface area contributed by atoms with Crippen LogP contribution in [-0.4, -0.2) is 32.4 Å². The molecular formula is C25H25N5O3. The average Bonchev–Trinajstić information content (AvgIpc) is 3.07. The molecule has 2 aromatic carbocycles. The van der Waals surface area contributed by atoms with E-state index < -0.39 is 0 Å². The molecule has 168 valence electrons. The number of hydrogen-bond acceptors (Lipinski definition) is 7. The van der Waals surface area contributed by atoms with E-state index in [2.05, 4.69) is 11.4 Å². The van der Waals surface area contributed by atoms with Crippen molar-refractivity contribution in [2.24, 2.45) is 0 Å². The second-order valence-corrected chi connectivity index (χ2v) is 7.53. The summed E-state index contributed by atoms with van der Waals surface area (Å²) in [6, 6.07) is 18.7. The summed E-state index contributed by atoms with van der Waals surface area (Å²) >= 11 is 0. The average molecular weight is 444 g/mol. The van der Waals surface area contributed by atoms with E-state index in [1.807, 2.05) is 54.2 Å². The fourth-order valence-electron chi connectivity index (χ4n) is 3.64. The molecule has 0 unspecified atom stereocenters. The minimum atomic E-state index is -0.385. The zero-order valence-electron chi connectivity index (χ0n) is 18.7. The largest absolute Gasteiger partial charge is 0.493 e. The molecular weight excluding hydrogens is 418 g/mol. The second kappa shape index (κ2) is 10.8. The van der Waals surface area contributed by atoms with Crippen molar-refractivity contribution in [3.63, 3.8) is 0 Å². The highest BCUT2D eigenvalue weighted by molar-refractivity contribution is 6.04. The monoisotopic (exact) mass is 443 g/mol. The van der Waals surface area contributed by atoms with Gasteiger partial charge in [0.1, 0.15) is 23.2 Å². The summed E-state index contributed by atoms with van der Waals surface area (Å²) in [6.45, 7) is 0.415. The van der Waals surface area contributed by atoms with Crippen LogP contribution in [0.2, 0.25) is 0 Å². The molecule has 0 spiro atoms. The number of anilines is 3. The van der Waals surface area contributed by atoms with Gasteiger partial charge in [-0.1, -0.05) is 18.2 Å². The summed E-state index contributed by atoms with van der Waals surface area (Å²) in [6.07, 6.45) is 0.913. The van der Waals surface area contributed by atoms with Crippen LogP contribution in [0.5, 0.6) is 5.75 Å². The Morgan fingerprint density at radius 3 is 2.33 bits per heavy atom. The van der Waals surface area contributed by atoms with Gasteiger partial charge >= 0.3 is 0 Å². The molecule has 33 heavy (non-hydrogen) atoms. The topological polar surface area (TPSA) is 109 Å². The van der Waals surface area contributed by atoms with Crippen molar-refractivity contribution in [1.82, 2.24) is 0 Å². The Bertz CT molecular complexity index is 1130. The van der Waals surface area contributed by atoms with E-state index in [1.165, 1.54) is 0 Å². The van der Waals surface area contributed by atoms with E-state index in [9.17, 15) is 14.9 Å². The molecule has 8 heteroatoms. The van der Waals surface area contributed by atoms with Crippen molar-refractivity contribution in [3.8, 4) is 17.9 Å². The summed E-state index contributed by atoms with van der Waals surface area (Å²) < 4.78 is 5.57. The number of nitrogens with zero attached hydrogens (tertiary/aromatic N) is 4. The van der Waals surface area contributed by atoms with Gasteiger partial charge in [-0.25, -0.2) is 0 Å². The number of ether oxygens (including phenoxy) is 1. The Balaban J connectivity index is 1.60. The number of hydrogen-bond donors (Lipinski definition) is 1. The highest BCUT2D eigenvalue weighted by atomic mass is 16.5. The van der Waals surface area contributed by atoms with Gasteiger partial charge in [0.15, 0.2) is 5.78 Å². The third-order valence-corrected chi connectivity index (χ3v) is 5.25. The highest BCUT2D eigenvalue weighted by Crippen LogP contribution is 2.40. The highest BCUT2D eigenvalue weighted by Gasteiger charge is 2.31. The molecule has 1 N–H and O–H groups in total. The van der Waals surface area contributed by atoms with Gasteiger partial charge in [-0.2, -0.15) is 10.5 Å². The molecule has 0 aromatic heterocycles. The Kier molecular flexibility index (Phi) is 7.67. The van der Waals surface area contributed by atoms with Gasteiger partial charge in [0.05, 0.1) is 24.1 Å². The van der Waals surface area contributed by atoms with Gasteiger partial charge in [-0.3, -0.25) is 9.59 Å². The summed E-state index contributed by atoms with van der Waals surface area (Å²) in [7, 11) is 3.62. The van der Waals surface area contributed by atoms with Crippen molar-refractivity contribution in [1.29, 1.82) is 10.5 Å². The molecule has 0 atom stereocenters. The molecule has 8 nitrogen and oxygen atoms in total. The first kappa shape index (κ1) is 23.4. The normalized spacial score (nSPS) is 11.9. The summed E-state index contributed by atoms with van der Waals surface area (Å²) in [5.74, 6) is 0.378. The molecule has 1 aliphatic rings. The number of carbonyl (C=O) groups excluding carboxylic acids is 2. The summed E-state index contributed by atoms with van der Waals surface area (Å²) in [5, 5.41) is 21.0. The molecule has 0 aliphatic carbocycles. The van der Waals surface area contributed by atoms with Crippen molar-refractivity contribution >= 4 is 28.8 Å². The van der Waals surface area contributed by atoms with Gasteiger partial charge in [0.25, 0.3) is 0 Å². The van der Waals surface area contributed by atoms with Gasteiger partial charge in [0.2, 0.25) is 5.91 Å². The number of carbonyl (C=O) groups is 2. The van der Waals surface area contributed by atoms with Gasteiger partial charge in [-0.05, 0) is 30.7 Å². The number of fused-ring (bicyclic) bond motifs is 1. The van der Waals surface area contributed by atoms with E-state index in [-0.39, 0.29) is 30.1 Å². The molecule has 0 bridgehead atoms. The number of nitriles is 2. The van der Waals surface area contributed by atoms with E-state index in [4.69, 9.17) is 10.00 Å². The lowest BCUT2D eigenvalue weighted by Gasteiger charge is -2.19. The standard InChI is InChI=1S/C25H25N5O3/c1-29-21-10-3-4-11-22(21)30(2)25(29)20(17-27)23(31)12-13-24(32)28-18-8-7-9-19(16-18)33-15-6-5-14-26/h3-4,7-11,16H,5-6,12-13,15H2,1-2H3,(H,28,32). The zero-order valence-corrected chi connectivity index (χ0v) is 18.7. The van der Waals surface area contributed by atoms with Crippen LogP contribution in [0.15, 0.2) is 59.9 Å². The number of allylic oxidation sites excluding steroid dienone is 1. The predicted octanol–water partition coefficient (Wildman–Crippen LogP) is 3.98. The predicted molar refractivity (Wildman–Crippen MR) is 126 cm³/mol. The number of unbranched alkanes of at least 4 members (excludes halogenated alkanes) is 1. The van der Waals surface area contributed by atoms with Crippen molar-refractivity contribution < 1.29 is 14.3 Å². The van der Waals surface area contributed by atoms with Gasteiger partial charge in [0, 0.05) is 45.1 Å². The van der Waals surface area contributed by atoms with E-state index >= 15 is 0 Å². The first-order chi connectivity index (χ1) is 16.0. The Hall–Kier alpha value is -4.30. The van der Waals surface area contributed by atoms with Crippen LogP contribution in [0.3, 0.4) is 0 Å². The minimum Gasteiger partial charge on any atom is -0.493 e. The number of nitrogens with one attached hydrogen (secondary N) is 1. The molecule has 0 fully saturated rings. The van der Waals surface area contributed by atoms with Crippen molar-refractivity contribution in [2.75, 3.05) is 35.8 Å². The molecule has 1 aliphatic heterocycles. The summed E-state index contributed by atoms with van der Waals surface area (Å²) in [4.78, 5) is 28.9. The van der Waals surface area contributed by atoms with Crippen LogP contribution in [0, 0.1) is 22.7 Å². The molecule has 1 amide bonds. The maximum absolute atomic E-state index is 12.8. The van der Waals surface area contributed by atoms with Gasteiger partial charge in [-0.15, -0.1) is 0 Å². The molecule has 0 saturated heterocycles. The number of Topliss-reactive ketones (excluding diaryl/α,β-unsaturated/α-hetero) is 1. The number of amides is 1. The Labute approximate surface area is 193 Å². The van der Waals surface area contributed by atoms with Crippen LogP contribution in [0.1, 0.15) is 25.7 Å². The van der Waals surface area contributed by atoms with Crippen LogP contribution >= 0.6 is 0 Å². The van der Waals surface area contributed by atoms with E-state index in [0.29, 0.717) is 36.7 Å². The fourth-order valence-corrected chi connectivity index (χ4v) is 3.64. The Morgan fingerprint density at radius 1 is 1.00 bits per heavy atom. The molecule has 0 radical (unpaired) electrons. The lowest BCUT2D eigenvalue weighted by atomic mass is 10.1. The van der Waals surface area contributed by atoms with E-state index in [1.54, 1.807) is 24.3 Å². The summed E-state index contributed by atoms with van der Waals surface area (Å²) in [5.41, 5.74) is 2.39. The fraction of sp³-hybridized carbons (Fsp3) is 0.280. The second-order valence-electron chi connectivity index (χ2n) is 7.53. The smallest absolute Gasteiger partial charge is 0.224 e. The van der Waals surface area contributed by atoms with Gasteiger partial charge < -0.3 is 19.9 Å². The Morgan fingerprint density at radius 2 is 1.70 bits per heavy atom. The first-order valence-electron chi connectivity index (χ1n) is 10.6. The van der Waals surface area contributed by atoms with E-state index in [0.717, 1.165) is 11.4 Å². The quantitative estimate of drug-likeness (QED) is 0.355. The lowest BCUT2D eigenvalue weighted by Crippen LogP contribution is -2.26. The van der Waals surface area contributed by atoms with Crippen LogP contribution in [0.4, 0.5) is 17.1 Å². The lowest BCUT2D eigenvalue weighted by molar-refractivity contribution is -0.120. The van der Waals surface area contributed by atoms with Crippen LogP contribution in [-0.2, 0) is 9.59 Å². The SMILES string of the molecule is CN1C(=C(C#N)C(=O)CCC(=O)Nc2cccc(OCCCC#N)c2)N(C)c2ccccc21. The molecule has 2 aromatic rings. The van der Waals surface area contributed by atoms with Crippen LogP contribution in [0.25, 0.3) is 0 Å². The third-order valence-electron chi connectivity index (χ3n) is 5.25. The number of benzene rings is 2. The third kappa shape index (κ3) is 5.50. The van der Waals surface area contributed by atoms with Crippen molar-refractivity contribution in [2.45, 2.75) is 25.7 Å². The number of ketones is 1. The first-order valence-corrected chi connectivity index (χ1v) is 10.6. The number of rotatable bonds is 9. The molecule has 0 saturated carbocycles. The zero-order chi connectivity index (χ0) is 23.8. The van der Waals surface area contributed by atoms with Crippen LogP contribution < -0.4 is 19.9 Å². The number of para-hydroxylation sites is 2. The maximum atomic E-state index is 12.8. The molecule has 3 rings (SSSR count). The minimum absolute atomic E-state index is 0.0248. The van der Waals surface area contributed by atoms with Crippen molar-refractivity contribution in [3.05, 3.63) is 59.9 Å².